The molecule has 0 spiro atoms. The maximum atomic E-state index is 14.4. The molecule has 0 saturated heterocycles. The molecule has 1 aromatic carbocycles. The number of aryl methyl sites for hydroxylation is 1. The fraction of sp³-hybridized carbons (Fsp3) is 0.389. The molecule has 8 heteroatoms. The first kappa shape index (κ1) is 19.9. The lowest BCUT2D eigenvalue weighted by molar-refractivity contribution is 0.0378. The second-order valence-corrected chi connectivity index (χ2v) is 6.55. The fourth-order valence-corrected chi connectivity index (χ4v) is 2.76. The molecule has 2 aromatic rings. The highest BCUT2D eigenvalue weighted by atomic mass is 35.5. The summed E-state index contributed by atoms with van der Waals surface area (Å²) in [5.41, 5.74) is -1.30. The van der Waals surface area contributed by atoms with Crippen molar-refractivity contribution >= 4 is 17.6 Å². The van der Waals surface area contributed by atoms with Crippen LogP contribution in [0.5, 0.6) is 0 Å². The van der Waals surface area contributed by atoms with Crippen LogP contribution in [0.15, 0.2) is 27.8 Å². The summed E-state index contributed by atoms with van der Waals surface area (Å²) in [6.45, 7) is 5.23. The average Bonchev–Trinajstić information content (AvgIpc) is 2.53. The monoisotopic (exact) mass is 382 g/mol. The quantitative estimate of drug-likeness (QED) is 0.745. The number of aromatic nitrogens is 2. The molecular weight excluding hydrogens is 363 g/mol. The molecule has 1 heterocycles. The standard InChI is InChI=1S/C18H20ClFN2O4/c1-5-6-11-7-16(23)22(18(25)21(11)4)15-8-12(13(19)9-14(15)20)17(24)26-10(2)3/h7-10H,5-6H2,1-4H3. The van der Waals surface area contributed by atoms with Gasteiger partial charge in [-0.1, -0.05) is 24.9 Å². The van der Waals surface area contributed by atoms with Crippen molar-refractivity contribution in [2.24, 2.45) is 7.05 Å². The highest BCUT2D eigenvalue weighted by molar-refractivity contribution is 6.33. The number of halogens is 2. The van der Waals surface area contributed by atoms with Gasteiger partial charge in [0.2, 0.25) is 0 Å². The van der Waals surface area contributed by atoms with E-state index in [2.05, 4.69) is 0 Å². The number of benzene rings is 1. The van der Waals surface area contributed by atoms with Crippen molar-refractivity contribution in [2.75, 3.05) is 0 Å². The van der Waals surface area contributed by atoms with Gasteiger partial charge in [0.1, 0.15) is 5.82 Å². The Labute approximate surface area is 154 Å². The van der Waals surface area contributed by atoms with Crippen molar-refractivity contribution in [1.29, 1.82) is 0 Å². The smallest absolute Gasteiger partial charge is 0.339 e. The van der Waals surface area contributed by atoms with Gasteiger partial charge in [0.15, 0.2) is 0 Å². The van der Waals surface area contributed by atoms with Crippen LogP contribution in [0.3, 0.4) is 0 Å². The number of carbonyl (C=O) groups excluding carboxylic acids is 1. The van der Waals surface area contributed by atoms with Gasteiger partial charge in [-0.15, -0.1) is 0 Å². The van der Waals surface area contributed by atoms with Crippen LogP contribution in [0, 0.1) is 5.82 Å². The third-order valence-corrected chi connectivity index (χ3v) is 4.08. The molecule has 26 heavy (non-hydrogen) atoms. The Kier molecular flexibility index (Phi) is 6.02. The van der Waals surface area contributed by atoms with Gasteiger partial charge in [-0.25, -0.2) is 18.5 Å². The van der Waals surface area contributed by atoms with Crippen LogP contribution < -0.4 is 11.2 Å². The Morgan fingerprint density at radius 2 is 1.92 bits per heavy atom. The summed E-state index contributed by atoms with van der Waals surface area (Å²) in [7, 11) is 1.50. The summed E-state index contributed by atoms with van der Waals surface area (Å²) in [5.74, 6) is -1.66. The second kappa shape index (κ2) is 7.86. The van der Waals surface area contributed by atoms with E-state index in [0.29, 0.717) is 16.7 Å². The van der Waals surface area contributed by atoms with Crippen molar-refractivity contribution in [3.05, 3.63) is 61.1 Å². The van der Waals surface area contributed by atoms with Gasteiger partial charge in [0.05, 0.1) is 22.4 Å². The van der Waals surface area contributed by atoms with E-state index < -0.39 is 29.1 Å². The molecule has 1 aromatic heterocycles. The lowest BCUT2D eigenvalue weighted by Crippen LogP contribution is -2.39. The highest BCUT2D eigenvalue weighted by Gasteiger charge is 2.20. The first-order valence-electron chi connectivity index (χ1n) is 8.19. The zero-order chi connectivity index (χ0) is 19.6. The van der Waals surface area contributed by atoms with E-state index in [4.69, 9.17) is 16.3 Å². The van der Waals surface area contributed by atoms with Crippen LogP contribution in [0.25, 0.3) is 5.69 Å². The van der Waals surface area contributed by atoms with Crippen molar-refractivity contribution < 1.29 is 13.9 Å². The summed E-state index contributed by atoms with van der Waals surface area (Å²) in [5, 5.41) is -0.163. The molecule has 0 fully saturated rings. The number of esters is 1. The first-order chi connectivity index (χ1) is 12.2. The Hall–Kier alpha value is -2.41. The molecule has 0 amide bonds. The predicted molar refractivity (Wildman–Crippen MR) is 96.8 cm³/mol. The Balaban J connectivity index is 2.70. The Bertz CT molecular complexity index is 963. The summed E-state index contributed by atoms with van der Waals surface area (Å²) < 4.78 is 21.5. The topological polar surface area (TPSA) is 70.3 Å². The zero-order valence-corrected chi connectivity index (χ0v) is 15.8. The molecule has 0 atom stereocenters. The number of rotatable bonds is 5. The summed E-state index contributed by atoms with van der Waals surface area (Å²) in [6.07, 6.45) is 0.879. The molecule has 0 saturated carbocycles. The van der Waals surface area contributed by atoms with Crippen LogP contribution in [-0.2, 0) is 18.2 Å². The van der Waals surface area contributed by atoms with Gasteiger partial charge in [-0.2, -0.15) is 0 Å². The van der Waals surface area contributed by atoms with Gasteiger partial charge in [-0.05, 0) is 32.4 Å². The zero-order valence-electron chi connectivity index (χ0n) is 15.0. The van der Waals surface area contributed by atoms with Crippen molar-refractivity contribution in [3.63, 3.8) is 0 Å². The molecule has 140 valence electrons. The third kappa shape index (κ3) is 3.88. The number of hydrogen-bond donors (Lipinski definition) is 0. The van der Waals surface area contributed by atoms with Crippen molar-refractivity contribution in [1.82, 2.24) is 9.13 Å². The first-order valence-corrected chi connectivity index (χ1v) is 8.57. The minimum Gasteiger partial charge on any atom is -0.459 e. The summed E-state index contributed by atoms with van der Waals surface area (Å²) in [6, 6.07) is 3.23. The normalized spacial score (nSPS) is 11.0. The van der Waals surface area contributed by atoms with Crippen LogP contribution in [0.1, 0.15) is 43.2 Å². The lowest BCUT2D eigenvalue weighted by Gasteiger charge is -2.14. The predicted octanol–water partition coefficient (Wildman–Crippen LogP) is 2.85. The van der Waals surface area contributed by atoms with E-state index in [9.17, 15) is 18.8 Å². The molecule has 0 unspecified atom stereocenters. The van der Waals surface area contributed by atoms with Crippen LogP contribution >= 0.6 is 11.6 Å². The lowest BCUT2D eigenvalue weighted by atomic mass is 10.1. The molecule has 6 nitrogen and oxygen atoms in total. The Morgan fingerprint density at radius 3 is 2.50 bits per heavy atom. The second-order valence-electron chi connectivity index (χ2n) is 6.14. The van der Waals surface area contributed by atoms with Gasteiger partial charge < -0.3 is 9.30 Å². The number of hydrogen-bond acceptors (Lipinski definition) is 4. The van der Waals surface area contributed by atoms with Gasteiger partial charge in [0, 0.05) is 18.8 Å². The van der Waals surface area contributed by atoms with Crippen molar-refractivity contribution in [3.8, 4) is 5.69 Å². The molecule has 0 radical (unpaired) electrons. The largest absolute Gasteiger partial charge is 0.459 e. The van der Waals surface area contributed by atoms with E-state index in [1.54, 1.807) is 13.8 Å². The third-order valence-electron chi connectivity index (χ3n) is 3.77. The van der Waals surface area contributed by atoms with Gasteiger partial charge >= 0.3 is 11.7 Å². The minimum atomic E-state index is -0.890. The number of nitrogens with zero attached hydrogens (tertiary/aromatic N) is 2. The fourth-order valence-electron chi connectivity index (χ4n) is 2.53. The van der Waals surface area contributed by atoms with E-state index >= 15 is 0 Å². The SMILES string of the molecule is CCCc1cc(=O)n(-c2cc(C(=O)OC(C)C)c(Cl)cc2F)c(=O)n1C. The average molecular weight is 383 g/mol. The summed E-state index contributed by atoms with van der Waals surface area (Å²) >= 11 is 5.93. The number of ether oxygens (including phenoxy) is 1. The van der Waals surface area contributed by atoms with E-state index in [-0.39, 0.29) is 16.3 Å². The van der Waals surface area contributed by atoms with Gasteiger partial charge in [-0.3, -0.25) is 4.79 Å². The van der Waals surface area contributed by atoms with E-state index in [1.165, 1.54) is 17.7 Å². The maximum Gasteiger partial charge on any atom is 0.339 e. The van der Waals surface area contributed by atoms with E-state index in [1.807, 2.05) is 6.92 Å². The van der Waals surface area contributed by atoms with Crippen LogP contribution in [0.4, 0.5) is 4.39 Å². The molecule has 0 N–H and O–H groups in total. The number of carbonyl (C=O) groups is 1. The van der Waals surface area contributed by atoms with Crippen molar-refractivity contribution in [2.45, 2.75) is 39.7 Å². The Morgan fingerprint density at radius 1 is 1.27 bits per heavy atom. The molecule has 2 rings (SSSR count). The molecule has 0 aliphatic carbocycles. The molecule has 0 aliphatic rings. The van der Waals surface area contributed by atoms with Crippen LogP contribution in [0.2, 0.25) is 5.02 Å². The minimum absolute atomic E-state index is 0.122. The van der Waals surface area contributed by atoms with Crippen LogP contribution in [-0.4, -0.2) is 21.2 Å². The molecular formula is C18H20ClFN2O4. The molecule has 0 aliphatic heterocycles. The molecule has 0 bridgehead atoms. The maximum absolute atomic E-state index is 14.4. The summed E-state index contributed by atoms with van der Waals surface area (Å²) in [4.78, 5) is 37.2. The van der Waals surface area contributed by atoms with E-state index in [0.717, 1.165) is 18.6 Å². The van der Waals surface area contributed by atoms with Gasteiger partial charge in [0.25, 0.3) is 5.56 Å². The highest BCUT2D eigenvalue weighted by Crippen LogP contribution is 2.23.